The molecule has 0 unspecified atom stereocenters. The molecule has 0 spiro atoms. The Morgan fingerprint density at radius 1 is 1.29 bits per heavy atom. The Balaban J connectivity index is 2.46. The van der Waals surface area contributed by atoms with Crippen LogP contribution in [-0.4, -0.2) is 11.5 Å². The number of anilines is 1. The maximum Gasteiger partial charge on any atom is 0.334 e. The molecule has 0 fully saturated rings. The molecule has 0 amide bonds. The molecule has 0 aliphatic rings. The third-order valence-corrected chi connectivity index (χ3v) is 3.15. The summed E-state index contributed by atoms with van der Waals surface area (Å²) in [7, 11) is 0. The Labute approximate surface area is 127 Å². The number of nitrogens with one attached hydrogen (secondary N) is 1. The van der Waals surface area contributed by atoms with Crippen LogP contribution in [0, 0.1) is 17.0 Å². The number of nitro benzene ring substituents is 1. The molecule has 2 rings (SSSR count). The van der Waals surface area contributed by atoms with E-state index in [1.807, 2.05) is 13.8 Å². The molecule has 21 heavy (non-hydrogen) atoms. The zero-order chi connectivity index (χ0) is 15.4. The van der Waals surface area contributed by atoms with Crippen LogP contribution in [-0.2, 0) is 0 Å². The summed E-state index contributed by atoms with van der Waals surface area (Å²) in [6.07, 6.45) is 0. The van der Waals surface area contributed by atoms with Crippen LogP contribution in [0.5, 0.6) is 11.5 Å². The van der Waals surface area contributed by atoms with Gasteiger partial charge >= 0.3 is 5.69 Å². The molecule has 0 radical (unpaired) electrons. The molecule has 110 valence electrons. The number of halogens is 1. The number of hydrogen-bond acceptors (Lipinski definition) is 4. The number of aryl methyl sites for hydroxylation is 1. The second-order valence-corrected chi connectivity index (χ2v) is 4.89. The largest absolute Gasteiger partial charge is 0.450 e. The number of hydrogen-bond donors (Lipinski definition) is 1. The van der Waals surface area contributed by atoms with E-state index < -0.39 is 4.92 Å². The molecule has 6 heteroatoms. The van der Waals surface area contributed by atoms with Gasteiger partial charge in [-0.05, 0) is 43.7 Å². The van der Waals surface area contributed by atoms with E-state index in [9.17, 15) is 10.1 Å². The van der Waals surface area contributed by atoms with Gasteiger partial charge in [-0.3, -0.25) is 10.1 Å². The molecule has 0 aliphatic carbocycles. The van der Waals surface area contributed by atoms with Crippen LogP contribution in [0.1, 0.15) is 12.5 Å². The minimum absolute atomic E-state index is 0.0845. The molecular weight excluding hydrogens is 292 g/mol. The lowest BCUT2D eigenvalue weighted by atomic mass is 10.2. The lowest BCUT2D eigenvalue weighted by molar-refractivity contribution is -0.384. The van der Waals surface area contributed by atoms with Crippen molar-refractivity contribution in [2.24, 2.45) is 0 Å². The van der Waals surface area contributed by atoms with Crippen molar-refractivity contribution in [3.63, 3.8) is 0 Å². The zero-order valence-electron chi connectivity index (χ0n) is 11.7. The summed E-state index contributed by atoms with van der Waals surface area (Å²) in [4.78, 5) is 10.9. The van der Waals surface area contributed by atoms with Crippen molar-refractivity contribution in [1.29, 1.82) is 0 Å². The standard InChI is InChI=1S/C15H15ClN2O3/c1-3-17-12-5-4-6-13(15(12)18(19)20)21-14-9-11(16)8-7-10(14)2/h4-9,17H,3H2,1-2H3. The summed E-state index contributed by atoms with van der Waals surface area (Å²) in [6.45, 7) is 4.31. The summed E-state index contributed by atoms with van der Waals surface area (Å²) in [5.74, 6) is 0.683. The number of ether oxygens (including phenoxy) is 1. The van der Waals surface area contributed by atoms with Gasteiger partial charge in [-0.25, -0.2) is 0 Å². The van der Waals surface area contributed by atoms with Crippen LogP contribution in [0.25, 0.3) is 0 Å². The Morgan fingerprint density at radius 2 is 2.05 bits per heavy atom. The van der Waals surface area contributed by atoms with Crippen molar-refractivity contribution in [3.8, 4) is 11.5 Å². The first kappa shape index (κ1) is 15.1. The third kappa shape index (κ3) is 3.44. The predicted octanol–water partition coefficient (Wildman–Crippen LogP) is 4.78. The first-order valence-electron chi connectivity index (χ1n) is 6.48. The second kappa shape index (κ2) is 6.45. The van der Waals surface area contributed by atoms with Gasteiger partial charge in [-0.15, -0.1) is 0 Å². The van der Waals surface area contributed by atoms with E-state index in [1.165, 1.54) is 0 Å². The molecular formula is C15H15ClN2O3. The Hall–Kier alpha value is -2.27. The molecule has 2 aromatic rings. The van der Waals surface area contributed by atoms with Gasteiger partial charge in [0, 0.05) is 11.6 Å². The van der Waals surface area contributed by atoms with E-state index in [4.69, 9.17) is 16.3 Å². The van der Waals surface area contributed by atoms with Gasteiger partial charge < -0.3 is 10.1 Å². The van der Waals surface area contributed by atoms with Crippen molar-refractivity contribution in [2.45, 2.75) is 13.8 Å². The molecule has 0 saturated heterocycles. The number of rotatable bonds is 5. The summed E-state index contributed by atoms with van der Waals surface area (Å²) in [5.41, 5.74) is 1.20. The fourth-order valence-corrected chi connectivity index (χ4v) is 2.09. The van der Waals surface area contributed by atoms with Crippen LogP contribution in [0.15, 0.2) is 36.4 Å². The predicted molar refractivity (Wildman–Crippen MR) is 83.5 cm³/mol. The quantitative estimate of drug-likeness (QED) is 0.637. The Morgan fingerprint density at radius 3 is 2.71 bits per heavy atom. The van der Waals surface area contributed by atoms with E-state index in [-0.39, 0.29) is 11.4 Å². The number of nitro groups is 1. The maximum absolute atomic E-state index is 11.3. The molecule has 2 aromatic carbocycles. The smallest absolute Gasteiger partial charge is 0.334 e. The zero-order valence-corrected chi connectivity index (χ0v) is 12.5. The third-order valence-electron chi connectivity index (χ3n) is 2.92. The van der Waals surface area contributed by atoms with Crippen LogP contribution < -0.4 is 10.1 Å². The van der Waals surface area contributed by atoms with Gasteiger partial charge in [0.1, 0.15) is 11.4 Å². The lowest BCUT2D eigenvalue weighted by Crippen LogP contribution is -2.02. The first-order valence-corrected chi connectivity index (χ1v) is 6.86. The number of benzene rings is 2. The van der Waals surface area contributed by atoms with Crippen molar-refractivity contribution in [2.75, 3.05) is 11.9 Å². The number of para-hydroxylation sites is 1. The van der Waals surface area contributed by atoms with Gasteiger partial charge in [-0.2, -0.15) is 0 Å². The topological polar surface area (TPSA) is 64.4 Å². The van der Waals surface area contributed by atoms with E-state index in [0.717, 1.165) is 5.56 Å². The highest BCUT2D eigenvalue weighted by molar-refractivity contribution is 6.30. The summed E-state index contributed by atoms with van der Waals surface area (Å²) in [5, 5.41) is 14.8. The molecule has 0 aromatic heterocycles. The first-order chi connectivity index (χ1) is 10.0. The monoisotopic (exact) mass is 306 g/mol. The molecule has 1 N–H and O–H groups in total. The van der Waals surface area contributed by atoms with Crippen LogP contribution in [0.3, 0.4) is 0 Å². The SMILES string of the molecule is CCNc1cccc(Oc2cc(Cl)ccc2C)c1[N+](=O)[O-]. The second-order valence-electron chi connectivity index (χ2n) is 4.45. The fraction of sp³-hybridized carbons (Fsp3) is 0.200. The minimum atomic E-state index is -0.451. The van der Waals surface area contributed by atoms with Gasteiger partial charge in [0.25, 0.3) is 0 Å². The van der Waals surface area contributed by atoms with Crippen molar-refractivity contribution < 1.29 is 9.66 Å². The number of nitrogens with zero attached hydrogens (tertiary/aromatic N) is 1. The fourth-order valence-electron chi connectivity index (χ4n) is 1.93. The normalized spacial score (nSPS) is 10.2. The van der Waals surface area contributed by atoms with Crippen molar-refractivity contribution in [3.05, 3.63) is 57.1 Å². The van der Waals surface area contributed by atoms with E-state index >= 15 is 0 Å². The van der Waals surface area contributed by atoms with Gasteiger partial charge in [0.2, 0.25) is 5.75 Å². The minimum Gasteiger partial charge on any atom is -0.450 e. The highest BCUT2D eigenvalue weighted by Gasteiger charge is 2.21. The van der Waals surface area contributed by atoms with Gasteiger partial charge in [0.15, 0.2) is 0 Å². The van der Waals surface area contributed by atoms with Crippen LogP contribution >= 0.6 is 11.6 Å². The van der Waals surface area contributed by atoms with E-state index in [1.54, 1.807) is 36.4 Å². The summed E-state index contributed by atoms with van der Waals surface area (Å²) >= 11 is 5.94. The molecule has 0 atom stereocenters. The molecule has 5 nitrogen and oxygen atoms in total. The molecule has 0 bridgehead atoms. The van der Waals surface area contributed by atoms with Gasteiger partial charge in [-0.1, -0.05) is 23.7 Å². The molecule has 0 saturated carbocycles. The maximum atomic E-state index is 11.3. The van der Waals surface area contributed by atoms with Gasteiger partial charge in [0.05, 0.1) is 4.92 Å². The van der Waals surface area contributed by atoms with E-state index in [2.05, 4.69) is 5.32 Å². The molecule has 0 heterocycles. The van der Waals surface area contributed by atoms with Crippen molar-refractivity contribution >= 4 is 23.0 Å². The molecule has 0 aliphatic heterocycles. The summed E-state index contributed by atoms with van der Waals surface area (Å²) < 4.78 is 5.70. The highest BCUT2D eigenvalue weighted by atomic mass is 35.5. The van der Waals surface area contributed by atoms with E-state index in [0.29, 0.717) is 23.0 Å². The summed E-state index contributed by atoms with van der Waals surface area (Å²) in [6, 6.07) is 10.1. The van der Waals surface area contributed by atoms with Crippen LogP contribution in [0.2, 0.25) is 5.02 Å². The average Bonchev–Trinajstić information content (AvgIpc) is 2.43. The Bertz CT molecular complexity index is 674. The van der Waals surface area contributed by atoms with Crippen molar-refractivity contribution in [1.82, 2.24) is 0 Å². The lowest BCUT2D eigenvalue weighted by Gasteiger charge is -2.12. The Kier molecular flexibility index (Phi) is 4.65. The average molecular weight is 307 g/mol. The van der Waals surface area contributed by atoms with Crippen LogP contribution in [0.4, 0.5) is 11.4 Å². The highest BCUT2D eigenvalue weighted by Crippen LogP contribution is 2.38.